The summed E-state index contributed by atoms with van der Waals surface area (Å²) >= 11 is 1.19. The van der Waals surface area contributed by atoms with Crippen molar-refractivity contribution in [3.8, 4) is 0 Å². The molecule has 2 saturated carbocycles. The average molecular weight is 314 g/mol. The Balaban J connectivity index is 2.02. The monoisotopic (exact) mass is 314 g/mol. The van der Waals surface area contributed by atoms with E-state index in [-0.39, 0.29) is 28.3 Å². The first-order valence-electron chi connectivity index (χ1n) is 6.72. The van der Waals surface area contributed by atoms with E-state index in [4.69, 9.17) is 5.73 Å². The second-order valence-corrected chi connectivity index (χ2v) is 8.85. The van der Waals surface area contributed by atoms with Gasteiger partial charge in [-0.1, -0.05) is 6.92 Å². The summed E-state index contributed by atoms with van der Waals surface area (Å²) in [4.78, 5) is 12.7. The molecule has 0 aromatic carbocycles. The number of Topliss-reactive ketones (excluding diaryl/α,β-unsaturated/α-hetero) is 1. The number of thiophene rings is 1. The number of sulfone groups is 1. The molecule has 3 N–H and O–H groups in total. The van der Waals surface area contributed by atoms with E-state index in [0.717, 1.165) is 25.5 Å². The van der Waals surface area contributed by atoms with Gasteiger partial charge in [0.05, 0.1) is 10.6 Å². The van der Waals surface area contributed by atoms with Crippen LogP contribution >= 0.6 is 11.3 Å². The Hall–Kier alpha value is -1.08. The number of rotatable bonds is 5. The third-order valence-electron chi connectivity index (χ3n) is 3.87. The van der Waals surface area contributed by atoms with E-state index in [0.29, 0.717) is 15.8 Å². The molecule has 1 aromatic rings. The first kappa shape index (κ1) is 13.9. The molecule has 7 heteroatoms. The Bertz CT molecular complexity index is 674. The minimum atomic E-state index is -3.45. The van der Waals surface area contributed by atoms with E-state index < -0.39 is 9.84 Å². The molecule has 0 bridgehead atoms. The zero-order valence-corrected chi connectivity index (χ0v) is 13.1. The highest BCUT2D eigenvalue weighted by atomic mass is 32.2. The van der Waals surface area contributed by atoms with Crippen LogP contribution in [0.15, 0.2) is 4.90 Å². The predicted molar refractivity (Wildman–Crippen MR) is 80.1 cm³/mol. The Kier molecular flexibility index (Phi) is 3.10. The first-order valence-corrected chi connectivity index (χ1v) is 9.43. The van der Waals surface area contributed by atoms with E-state index in [1.54, 1.807) is 0 Å². The van der Waals surface area contributed by atoms with Gasteiger partial charge in [-0.2, -0.15) is 0 Å². The zero-order chi connectivity index (χ0) is 14.7. The lowest BCUT2D eigenvalue weighted by Crippen LogP contribution is -2.08. The van der Waals surface area contributed by atoms with Crippen molar-refractivity contribution in [2.45, 2.75) is 37.1 Å². The molecule has 0 saturated heterocycles. The van der Waals surface area contributed by atoms with Crippen LogP contribution in [0, 0.1) is 11.8 Å². The van der Waals surface area contributed by atoms with Crippen molar-refractivity contribution >= 4 is 37.6 Å². The van der Waals surface area contributed by atoms with Crippen molar-refractivity contribution in [2.75, 3.05) is 17.3 Å². The maximum atomic E-state index is 12.2. The molecule has 2 fully saturated rings. The van der Waals surface area contributed by atoms with Gasteiger partial charge < -0.3 is 11.1 Å². The molecule has 0 radical (unpaired) electrons. The molecular weight excluding hydrogens is 296 g/mol. The second-order valence-electron chi connectivity index (χ2n) is 5.88. The summed E-state index contributed by atoms with van der Waals surface area (Å²) in [6.07, 6.45) is 3.92. The van der Waals surface area contributed by atoms with Crippen LogP contribution in [0.3, 0.4) is 0 Å². The minimum Gasteiger partial charge on any atom is -0.396 e. The van der Waals surface area contributed by atoms with Gasteiger partial charge in [0.1, 0.15) is 9.90 Å². The number of ketones is 1. The summed E-state index contributed by atoms with van der Waals surface area (Å²) in [5, 5.41) is 3.75. The minimum absolute atomic E-state index is 0.00528. The van der Waals surface area contributed by atoms with Crippen LogP contribution in [0.1, 0.15) is 35.9 Å². The second kappa shape index (κ2) is 4.46. The van der Waals surface area contributed by atoms with Gasteiger partial charge in [-0.3, -0.25) is 4.79 Å². The fourth-order valence-corrected chi connectivity index (χ4v) is 4.93. The molecule has 0 aliphatic heterocycles. The molecule has 2 aliphatic rings. The summed E-state index contributed by atoms with van der Waals surface area (Å²) in [7, 11) is -3.45. The fourth-order valence-electron chi connectivity index (χ4n) is 2.30. The molecule has 1 heterocycles. The third kappa shape index (κ3) is 2.44. The predicted octanol–water partition coefficient (Wildman–Crippen LogP) is 2.15. The van der Waals surface area contributed by atoms with E-state index in [1.165, 1.54) is 11.3 Å². The number of hydrogen-bond donors (Lipinski definition) is 2. The van der Waals surface area contributed by atoms with E-state index >= 15 is 0 Å². The van der Waals surface area contributed by atoms with Gasteiger partial charge in [-0.05, 0) is 25.2 Å². The lowest BCUT2D eigenvalue weighted by molar-refractivity contribution is 0.0972. The molecule has 2 unspecified atom stereocenters. The highest BCUT2D eigenvalue weighted by Gasteiger charge is 2.38. The number of carbonyl (C=O) groups excluding carboxylic acids is 1. The van der Waals surface area contributed by atoms with Crippen LogP contribution < -0.4 is 11.1 Å². The molecule has 5 nitrogen and oxygen atoms in total. The summed E-state index contributed by atoms with van der Waals surface area (Å²) in [5.41, 5.74) is 6.09. The van der Waals surface area contributed by atoms with Crippen molar-refractivity contribution in [2.24, 2.45) is 11.8 Å². The molecule has 0 amide bonds. The smallest absolute Gasteiger partial charge is 0.180 e. The van der Waals surface area contributed by atoms with E-state index in [9.17, 15) is 13.2 Å². The number of nitrogens with two attached hydrogens (primary N) is 1. The van der Waals surface area contributed by atoms with Crippen LogP contribution in [0.25, 0.3) is 0 Å². The first-order chi connectivity index (χ1) is 9.29. The Morgan fingerprint density at radius 1 is 1.40 bits per heavy atom. The van der Waals surface area contributed by atoms with Gasteiger partial charge in [-0.25, -0.2) is 8.42 Å². The van der Waals surface area contributed by atoms with Crippen molar-refractivity contribution < 1.29 is 13.2 Å². The molecule has 110 valence electrons. The summed E-state index contributed by atoms with van der Waals surface area (Å²) in [6, 6.07) is 0.289. The van der Waals surface area contributed by atoms with Crippen LogP contribution in [-0.4, -0.2) is 26.5 Å². The Morgan fingerprint density at radius 2 is 2.00 bits per heavy atom. The number of anilines is 2. The van der Waals surface area contributed by atoms with Crippen molar-refractivity contribution in [1.82, 2.24) is 0 Å². The van der Waals surface area contributed by atoms with Crippen molar-refractivity contribution in [3.05, 3.63) is 4.88 Å². The highest BCUT2D eigenvalue weighted by Crippen LogP contribution is 2.45. The molecule has 1 aromatic heterocycles. The summed E-state index contributed by atoms with van der Waals surface area (Å²) in [6.45, 7) is 2.10. The molecular formula is C13H18N2O3S2. The zero-order valence-electron chi connectivity index (χ0n) is 11.5. The fraction of sp³-hybridized carbons (Fsp3) is 0.615. The molecule has 20 heavy (non-hydrogen) atoms. The van der Waals surface area contributed by atoms with Crippen LogP contribution in [0.4, 0.5) is 10.7 Å². The van der Waals surface area contributed by atoms with Gasteiger partial charge >= 0.3 is 0 Å². The SMILES string of the molecule is CC1CC1Nc1sc(C(=O)C2CC2)c(N)c1S(C)(=O)=O. The number of nitrogen functional groups attached to an aromatic ring is 1. The Morgan fingerprint density at radius 3 is 2.45 bits per heavy atom. The largest absolute Gasteiger partial charge is 0.396 e. The van der Waals surface area contributed by atoms with Gasteiger partial charge in [0.2, 0.25) is 0 Å². The van der Waals surface area contributed by atoms with Crippen molar-refractivity contribution in [3.63, 3.8) is 0 Å². The standard InChI is InChI=1S/C13H18N2O3S2/c1-6-5-8(6)15-13-12(20(2,17)18)9(14)11(19-13)10(16)7-3-4-7/h6-8,15H,3-5,14H2,1-2H3. The van der Waals surface area contributed by atoms with Crippen LogP contribution in [-0.2, 0) is 9.84 Å². The van der Waals surface area contributed by atoms with Crippen LogP contribution in [0.5, 0.6) is 0 Å². The van der Waals surface area contributed by atoms with Gasteiger partial charge in [-0.15, -0.1) is 11.3 Å². The topological polar surface area (TPSA) is 89.3 Å². The van der Waals surface area contributed by atoms with Gasteiger partial charge in [0, 0.05) is 18.2 Å². The lowest BCUT2D eigenvalue weighted by Gasteiger charge is -2.05. The normalized spacial score (nSPS) is 25.5. The molecule has 0 spiro atoms. The van der Waals surface area contributed by atoms with Gasteiger partial charge in [0.25, 0.3) is 0 Å². The maximum Gasteiger partial charge on any atom is 0.180 e. The summed E-state index contributed by atoms with van der Waals surface area (Å²) < 4.78 is 23.9. The molecule has 2 aliphatic carbocycles. The van der Waals surface area contributed by atoms with Crippen LogP contribution in [0.2, 0.25) is 0 Å². The number of hydrogen-bond acceptors (Lipinski definition) is 6. The third-order valence-corrected chi connectivity index (χ3v) is 6.31. The summed E-state index contributed by atoms with van der Waals surface area (Å²) in [5.74, 6) is 0.568. The van der Waals surface area contributed by atoms with E-state index in [1.807, 2.05) is 0 Å². The average Bonchev–Trinajstić information content (AvgIpc) is 3.21. The maximum absolute atomic E-state index is 12.2. The van der Waals surface area contributed by atoms with Gasteiger partial charge in [0.15, 0.2) is 15.6 Å². The molecule has 2 atom stereocenters. The Labute approximate surface area is 122 Å². The quantitative estimate of drug-likeness (QED) is 0.813. The number of nitrogens with one attached hydrogen (secondary N) is 1. The number of carbonyl (C=O) groups is 1. The van der Waals surface area contributed by atoms with E-state index in [2.05, 4.69) is 12.2 Å². The highest BCUT2D eigenvalue weighted by molar-refractivity contribution is 7.91. The lowest BCUT2D eigenvalue weighted by atomic mass is 10.2. The van der Waals surface area contributed by atoms with Crippen molar-refractivity contribution in [1.29, 1.82) is 0 Å². The molecule has 3 rings (SSSR count).